The van der Waals surface area contributed by atoms with Crippen molar-refractivity contribution in [1.82, 2.24) is 15.1 Å². The Kier molecular flexibility index (Phi) is 3.18. The van der Waals surface area contributed by atoms with Gasteiger partial charge in [-0.1, -0.05) is 12.8 Å². The Hall–Kier alpha value is -0.830. The van der Waals surface area contributed by atoms with E-state index in [-0.39, 0.29) is 5.54 Å². The quantitative estimate of drug-likeness (QED) is 0.865. The van der Waals surface area contributed by atoms with E-state index in [0.717, 1.165) is 12.5 Å². The highest BCUT2D eigenvalue weighted by Gasteiger charge is 2.37. The fourth-order valence-corrected chi connectivity index (χ4v) is 3.11. The summed E-state index contributed by atoms with van der Waals surface area (Å²) in [5.41, 5.74) is 1.47. The van der Waals surface area contributed by atoms with E-state index in [1.54, 1.807) is 0 Å². The normalized spacial score (nSPS) is 21.7. The number of hydrogen-bond donors (Lipinski definition) is 1. The monoisotopic (exact) mass is 247 g/mol. The van der Waals surface area contributed by atoms with E-state index >= 15 is 0 Å². The lowest BCUT2D eigenvalue weighted by Crippen LogP contribution is -2.40. The SMILES string of the molecule is CC(C)(NCc1ccn(C2CCCC2)n1)C1CC1. The summed E-state index contributed by atoms with van der Waals surface area (Å²) in [6.45, 7) is 5.54. The van der Waals surface area contributed by atoms with Crippen molar-refractivity contribution in [2.45, 2.75) is 70.5 Å². The van der Waals surface area contributed by atoms with Crippen molar-refractivity contribution < 1.29 is 0 Å². The minimum absolute atomic E-state index is 0.275. The molecule has 18 heavy (non-hydrogen) atoms. The largest absolute Gasteiger partial charge is 0.306 e. The summed E-state index contributed by atoms with van der Waals surface area (Å²) in [7, 11) is 0. The molecule has 100 valence electrons. The molecule has 3 heteroatoms. The van der Waals surface area contributed by atoms with Crippen molar-refractivity contribution in [3.63, 3.8) is 0 Å². The first-order chi connectivity index (χ1) is 8.65. The topological polar surface area (TPSA) is 29.9 Å². The smallest absolute Gasteiger partial charge is 0.0762 e. The molecule has 1 heterocycles. The van der Waals surface area contributed by atoms with Gasteiger partial charge in [-0.15, -0.1) is 0 Å². The van der Waals surface area contributed by atoms with Crippen LogP contribution in [0.1, 0.15) is 64.1 Å². The van der Waals surface area contributed by atoms with E-state index in [2.05, 4.69) is 36.1 Å². The highest BCUT2D eigenvalue weighted by atomic mass is 15.3. The molecule has 1 aromatic rings. The van der Waals surface area contributed by atoms with Crippen LogP contribution < -0.4 is 5.32 Å². The maximum atomic E-state index is 4.73. The van der Waals surface area contributed by atoms with Crippen LogP contribution in [0.4, 0.5) is 0 Å². The third kappa shape index (κ3) is 2.61. The van der Waals surface area contributed by atoms with Crippen LogP contribution in [-0.2, 0) is 6.54 Å². The fourth-order valence-electron chi connectivity index (χ4n) is 3.11. The van der Waals surface area contributed by atoms with Crippen LogP contribution in [0, 0.1) is 5.92 Å². The van der Waals surface area contributed by atoms with Crippen LogP contribution in [0.2, 0.25) is 0 Å². The van der Waals surface area contributed by atoms with Crippen molar-refractivity contribution in [1.29, 1.82) is 0 Å². The van der Waals surface area contributed by atoms with Crippen LogP contribution in [0.25, 0.3) is 0 Å². The molecule has 0 aliphatic heterocycles. The van der Waals surface area contributed by atoms with E-state index in [1.807, 2.05) is 0 Å². The van der Waals surface area contributed by atoms with Crippen molar-refractivity contribution in [2.24, 2.45) is 5.92 Å². The molecule has 2 fully saturated rings. The Labute approximate surface area is 110 Å². The molecular weight excluding hydrogens is 222 g/mol. The Morgan fingerprint density at radius 2 is 2.00 bits per heavy atom. The molecule has 0 atom stereocenters. The number of hydrogen-bond acceptors (Lipinski definition) is 2. The van der Waals surface area contributed by atoms with Crippen molar-refractivity contribution in [3.8, 4) is 0 Å². The van der Waals surface area contributed by atoms with Gasteiger partial charge in [0.15, 0.2) is 0 Å². The summed E-state index contributed by atoms with van der Waals surface area (Å²) in [4.78, 5) is 0. The minimum atomic E-state index is 0.275. The molecule has 1 N–H and O–H groups in total. The number of rotatable bonds is 5. The lowest BCUT2D eigenvalue weighted by molar-refractivity contribution is 0.336. The summed E-state index contributed by atoms with van der Waals surface area (Å²) in [5.74, 6) is 0.870. The molecular formula is C15H25N3. The van der Waals surface area contributed by atoms with E-state index in [0.29, 0.717) is 6.04 Å². The van der Waals surface area contributed by atoms with Gasteiger partial charge in [0, 0.05) is 18.3 Å². The zero-order valence-electron chi connectivity index (χ0n) is 11.7. The lowest BCUT2D eigenvalue weighted by Gasteiger charge is -2.25. The van der Waals surface area contributed by atoms with Gasteiger partial charge in [-0.05, 0) is 51.5 Å². The third-order valence-corrected chi connectivity index (χ3v) is 4.69. The lowest BCUT2D eigenvalue weighted by atomic mass is 9.99. The first-order valence-corrected chi connectivity index (χ1v) is 7.44. The van der Waals surface area contributed by atoms with Crippen molar-refractivity contribution in [2.75, 3.05) is 0 Å². The van der Waals surface area contributed by atoms with Gasteiger partial charge in [0.2, 0.25) is 0 Å². The van der Waals surface area contributed by atoms with E-state index in [4.69, 9.17) is 5.10 Å². The maximum absolute atomic E-state index is 4.73. The minimum Gasteiger partial charge on any atom is -0.306 e. The number of nitrogens with one attached hydrogen (secondary N) is 1. The van der Waals surface area contributed by atoms with Gasteiger partial charge in [0.1, 0.15) is 0 Å². The zero-order valence-corrected chi connectivity index (χ0v) is 11.7. The molecule has 0 spiro atoms. The first-order valence-electron chi connectivity index (χ1n) is 7.44. The molecule has 2 aliphatic rings. The molecule has 3 rings (SSSR count). The molecule has 0 saturated heterocycles. The van der Waals surface area contributed by atoms with Crippen LogP contribution in [0.15, 0.2) is 12.3 Å². The number of aromatic nitrogens is 2. The molecule has 1 aromatic heterocycles. The average Bonchev–Trinajstić information content (AvgIpc) is 2.91. The summed E-state index contributed by atoms with van der Waals surface area (Å²) >= 11 is 0. The van der Waals surface area contributed by atoms with Gasteiger partial charge in [-0.25, -0.2) is 0 Å². The van der Waals surface area contributed by atoms with Crippen LogP contribution in [0.3, 0.4) is 0 Å². The summed E-state index contributed by atoms with van der Waals surface area (Å²) < 4.78 is 2.19. The van der Waals surface area contributed by atoms with Gasteiger partial charge in [0.25, 0.3) is 0 Å². The van der Waals surface area contributed by atoms with E-state index in [9.17, 15) is 0 Å². The van der Waals surface area contributed by atoms with Crippen LogP contribution in [0.5, 0.6) is 0 Å². The van der Waals surface area contributed by atoms with Gasteiger partial charge in [0.05, 0.1) is 11.7 Å². The molecule has 0 radical (unpaired) electrons. The molecule has 0 amide bonds. The standard InChI is InChI=1S/C15H25N3/c1-15(2,12-7-8-12)16-11-13-9-10-18(17-13)14-5-3-4-6-14/h9-10,12,14,16H,3-8,11H2,1-2H3. The first kappa shape index (κ1) is 12.2. The predicted molar refractivity (Wildman–Crippen MR) is 73.4 cm³/mol. The fraction of sp³-hybridized carbons (Fsp3) is 0.800. The highest BCUT2D eigenvalue weighted by Crippen LogP contribution is 2.39. The third-order valence-electron chi connectivity index (χ3n) is 4.69. The molecule has 2 saturated carbocycles. The molecule has 3 nitrogen and oxygen atoms in total. The Morgan fingerprint density at radius 3 is 2.67 bits per heavy atom. The predicted octanol–water partition coefficient (Wildman–Crippen LogP) is 3.28. The van der Waals surface area contributed by atoms with Crippen LogP contribution >= 0.6 is 0 Å². The second kappa shape index (κ2) is 4.69. The average molecular weight is 247 g/mol. The van der Waals surface area contributed by atoms with Gasteiger partial charge in [-0.2, -0.15) is 5.10 Å². The highest BCUT2D eigenvalue weighted by molar-refractivity contribution is 5.02. The van der Waals surface area contributed by atoms with Crippen molar-refractivity contribution in [3.05, 3.63) is 18.0 Å². The van der Waals surface area contributed by atoms with E-state index in [1.165, 1.54) is 44.2 Å². The van der Waals surface area contributed by atoms with Gasteiger partial charge < -0.3 is 5.32 Å². The molecule has 0 bridgehead atoms. The summed E-state index contributed by atoms with van der Waals surface area (Å²) in [6.07, 6.45) is 10.3. The van der Waals surface area contributed by atoms with Crippen LogP contribution in [-0.4, -0.2) is 15.3 Å². The second-order valence-electron chi connectivity index (χ2n) is 6.57. The second-order valence-corrected chi connectivity index (χ2v) is 6.57. The van der Waals surface area contributed by atoms with Crippen molar-refractivity contribution >= 4 is 0 Å². The maximum Gasteiger partial charge on any atom is 0.0762 e. The Balaban J connectivity index is 1.56. The summed E-state index contributed by atoms with van der Waals surface area (Å²) in [5, 5.41) is 8.39. The molecule has 0 unspecified atom stereocenters. The summed E-state index contributed by atoms with van der Waals surface area (Å²) in [6, 6.07) is 2.84. The van der Waals surface area contributed by atoms with Gasteiger partial charge in [-0.3, -0.25) is 4.68 Å². The molecule has 2 aliphatic carbocycles. The Bertz CT molecular complexity index is 398. The number of nitrogens with zero attached hydrogens (tertiary/aromatic N) is 2. The van der Waals surface area contributed by atoms with Gasteiger partial charge >= 0.3 is 0 Å². The molecule has 0 aromatic carbocycles. The Morgan fingerprint density at radius 1 is 1.28 bits per heavy atom. The van der Waals surface area contributed by atoms with E-state index < -0.39 is 0 Å². The zero-order chi connectivity index (χ0) is 12.6.